The first-order chi connectivity index (χ1) is 6.35. The van der Waals surface area contributed by atoms with Crippen LogP contribution in [0.2, 0.25) is 5.02 Å². The lowest BCUT2D eigenvalue weighted by molar-refractivity contribution is -0.489. The van der Waals surface area contributed by atoms with Crippen molar-refractivity contribution in [3.8, 4) is 0 Å². The van der Waals surface area contributed by atoms with E-state index >= 15 is 0 Å². The van der Waals surface area contributed by atoms with Gasteiger partial charge in [-0.25, -0.2) is 4.39 Å². The number of carboxylic acids is 1. The van der Waals surface area contributed by atoms with E-state index in [4.69, 9.17) is 11.6 Å². The van der Waals surface area contributed by atoms with Crippen LogP contribution in [0, 0.1) is 5.82 Å². The molecule has 0 heterocycles. The molecular weight excluding hydrogens is 209 g/mol. The molecule has 1 aromatic rings. The Balaban J connectivity index is 3.21. The number of aliphatic carboxylic acids is 1. The highest BCUT2D eigenvalue weighted by atomic mass is 35.5. The Morgan fingerprint density at radius 2 is 2.21 bits per heavy atom. The van der Waals surface area contributed by atoms with Crippen LogP contribution in [-0.4, -0.2) is 5.97 Å². The first kappa shape index (κ1) is 10.9. The number of hydrogen-bond donors (Lipinski definition) is 1. The van der Waals surface area contributed by atoms with Crippen molar-refractivity contribution in [3.63, 3.8) is 0 Å². The van der Waals surface area contributed by atoms with Gasteiger partial charge >= 0.3 is 0 Å². The van der Waals surface area contributed by atoms with Crippen LogP contribution in [-0.2, 0) is 10.3 Å². The van der Waals surface area contributed by atoms with Crippen LogP contribution in [0.25, 0.3) is 0 Å². The van der Waals surface area contributed by atoms with Gasteiger partial charge in [-0.3, -0.25) is 0 Å². The standard InChI is InChI=1S/C9H9ClFNO2/c1-9(12,8(13)14)5-2-3-7(11)6(10)4-5/h2-4H,12H2,1H3,(H,13,14)/t9-/m0/s1. The number of halogens is 2. The zero-order valence-electron chi connectivity index (χ0n) is 7.51. The number of hydrogen-bond acceptors (Lipinski definition) is 2. The van der Waals surface area contributed by atoms with E-state index in [0.29, 0.717) is 5.56 Å². The van der Waals surface area contributed by atoms with Crippen LogP contribution >= 0.6 is 11.6 Å². The summed E-state index contributed by atoms with van der Waals surface area (Å²) in [5.41, 5.74) is 2.36. The highest BCUT2D eigenvalue weighted by Gasteiger charge is 2.27. The summed E-state index contributed by atoms with van der Waals surface area (Å²) >= 11 is 5.51. The number of benzene rings is 1. The molecule has 0 unspecified atom stereocenters. The fraction of sp³-hybridized carbons (Fsp3) is 0.222. The maximum atomic E-state index is 12.8. The summed E-state index contributed by atoms with van der Waals surface area (Å²) in [6, 6.07) is 3.66. The van der Waals surface area contributed by atoms with Crippen molar-refractivity contribution in [2.75, 3.05) is 0 Å². The van der Waals surface area contributed by atoms with E-state index in [-0.39, 0.29) is 5.02 Å². The topological polar surface area (TPSA) is 67.8 Å². The lowest BCUT2D eigenvalue weighted by Gasteiger charge is -2.22. The molecule has 1 aromatic carbocycles. The smallest absolute Gasteiger partial charge is 0.157 e. The Morgan fingerprint density at radius 3 is 2.64 bits per heavy atom. The zero-order chi connectivity index (χ0) is 10.9. The van der Waals surface area contributed by atoms with Gasteiger partial charge in [-0.2, -0.15) is 0 Å². The minimum atomic E-state index is -1.42. The predicted molar refractivity (Wildman–Crippen MR) is 46.7 cm³/mol. The second kappa shape index (κ2) is 3.55. The summed E-state index contributed by atoms with van der Waals surface area (Å²) in [6.07, 6.45) is 0. The van der Waals surface area contributed by atoms with Crippen LogP contribution in [0.4, 0.5) is 4.39 Å². The summed E-state index contributed by atoms with van der Waals surface area (Å²) in [4.78, 5) is 10.7. The quantitative estimate of drug-likeness (QED) is 0.738. The molecule has 0 radical (unpaired) electrons. The minimum absolute atomic E-state index is 0.126. The van der Waals surface area contributed by atoms with Gasteiger partial charge in [-0.05, 0) is 18.2 Å². The molecule has 1 rings (SSSR count). The summed E-state index contributed by atoms with van der Waals surface area (Å²) in [6.45, 7) is 1.37. The molecule has 3 nitrogen and oxygen atoms in total. The predicted octanol–water partition coefficient (Wildman–Crippen LogP) is -0.314. The highest BCUT2D eigenvalue weighted by molar-refractivity contribution is 6.30. The molecule has 0 saturated heterocycles. The molecule has 0 spiro atoms. The van der Waals surface area contributed by atoms with Crippen LogP contribution < -0.4 is 10.8 Å². The molecular formula is C9H9ClFNO2. The number of carbonyl (C=O) groups is 1. The maximum Gasteiger partial charge on any atom is 0.157 e. The third kappa shape index (κ3) is 1.86. The maximum absolute atomic E-state index is 12.8. The van der Waals surface area contributed by atoms with E-state index in [0.717, 1.165) is 6.07 Å². The molecule has 0 aliphatic carbocycles. The lowest BCUT2D eigenvalue weighted by Crippen LogP contribution is -2.75. The van der Waals surface area contributed by atoms with Gasteiger partial charge in [-0.15, -0.1) is 0 Å². The Hall–Kier alpha value is -1.13. The molecule has 0 fully saturated rings. The minimum Gasteiger partial charge on any atom is -0.543 e. The Labute approximate surface area is 85.3 Å². The van der Waals surface area contributed by atoms with Crippen molar-refractivity contribution in [1.29, 1.82) is 0 Å². The van der Waals surface area contributed by atoms with Gasteiger partial charge in [0.05, 0.1) is 5.02 Å². The average Bonchev–Trinajstić information content (AvgIpc) is 2.09. The Bertz CT molecular complexity index is 379. The van der Waals surface area contributed by atoms with Gasteiger partial charge in [0.1, 0.15) is 11.8 Å². The van der Waals surface area contributed by atoms with Crippen LogP contribution in [0.15, 0.2) is 18.2 Å². The molecule has 3 N–H and O–H groups in total. The molecule has 0 saturated carbocycles. The normalized spacial score (nSPS) is 14.9. The third-order valence-corrected chi connectivity index (χ3v) is 2.30. The molecule has 0 aliphatic rings. The molecule has 14 heavy (non-hydrogen) atoms. The fourth-order valence-electron chi connectivity index (χ4n) is 0.957. The van der Waals surface area contributed by atoms with Gasteiger partial charge in [0.15, 0.2) is 5.54 Å². The van der Waals surface area contributed by atoms with E-state index in [2.05, 4.69) is 5.73 Å². The highest BCUT2D eigenvalue weighted by Crippen LogP contribution is 2.21. The number of carbonyl (C=O) groups excluding carboxylic acids is 1. The molecule has 0 aliphatic heterocycles. The van der Waals surface area contributed by atoms with Crippen molar-refractivity contribution in [1.82, 2.24) is 0 Å². The van der Waals surface area contributed by atoms with Gasteiger partial charge in [0.2, 0.25) is 0 Å². The number of carboxylic acid groups (broad SMARTS) is 1. The summed E-state index contributed by atoms with van der Waals surface area (Å²) in [7, 11) is 0. The Kier molecular flexibility index (Phi) is 2.78. The molecule has 0 bridgehead atoms. The molecule has 5 heteroatoms. The van der Waals surface area contributed by atoms with E-state index in [1.54, 1.807) is 0 Å². The van der Waals surface area contributed by atoms with E-state index in [1.165, 1.54) is 19.1 Å². The SMILES string of the molecule is C[C@@]([NH3+])(C(=O)[O-])c1ccc(F)c(Cl)c1. The summed E-state index contributed by atoms with van der Waals surface area (Å²) in [5, 5.41) is 10.6. The van der Waals surface area contributed by atoms with Crippen LogP contribution in [0.5, 0.6) is 0 Å². The third-order valence-electron chi connectivity index (χ3n) is 2.01. The summed E-state index contributed by atoms with van der Waals surface area (Å²) < 4.78 is 12.8. The zero-order valence-corrected chi connectivity index (χ0v) is 8.27. The van der Waals surface area contributed by atoms with Gasteiger partial charge in [0, 0.05) is 12.5 Å². The fourth-order valence-corrected chi connectivity index (χ4v) is 1.14. The van der Waals surface area contributed by atoms with Crippen LogP contribution in [0.1, 0.15) is 12.5 Å². The molecule has 0 aromatic heterocycles. The van der Waals surface area contributed by atoms with Gasteiger partial charge in [0.25, 0.3) is 0 Å². The summed E-state index contributed by atoms with van der Waals surface area (Å²) in [5.74, 6) is -1.93. The van der Waals surface area contributed by atoms with Crippen LogP contribution in [0.3, 0.4) is 0 Å². The lowest BCUT2D eigenvalue weighted by atomic mass is 9.93. The van der Waals surface area contributed by atoms with E-state index in [9.17, 15) is 14.3 Å². The van der Waals surface area contributed by atoms with E-state index < -0.39 is 17.3 Å². The first-order valence-electron chi connectivity index (χ1n) is 3.88. The van der Waals surface area contributed by atoms with E-state index in [1.807, 2.05) is 0 Å². The molecule has 0 amide bonds. The number of rotatable bonds is 2. The van der Waals surface area contributed by atoms with Crippen molar-refractivity contribution < 1.29 is 20.0 Å². The first-order valence-corrected chi connectivity index (χ1v) is 4.26. The van der Waals surface area contributed by atoms with Gasteiger partial charge < -0.3 is 15.6 Å². The van der Waals surface area contributed by atoms with Crippen molar-refractivity contribution in [3.05, 3.63) is 34.6 Å². The number of quaternary nitrogens is 1. The van der Waals surface area contributed by atoms with Crippen molar-refractivity contribution >= 4 is 17.6 Å². The molecule has 1 atom stereocenters. The van der Waals surface area contributed by atoms with Crippen molar-refractivity contribution in [2.45, 2.75) is 12.5 Å². The average molecular weight is 218 g/mol. The second-order valence-corrected chi connectivity index (χ2v) is 3.66. The largest absolute Gasteiger partial charge is 0.543 e. The monoisotopic (exact) mass is 217 g/mol. The van der Waals surface area contributed by atoms with Crippen molar-refractivity contribution in [2.24, 2.45) is 0 Å². The second-order valence-electron chi connectivity index (χ2n) is 3.25. The molecule has 76 valence electrons. The van der Waals surface area contributed by atoms with Gasteiger partial charge in [-0.1, -0.05) is 11.6 Å². The Morgan fingerprint density at radius 1 is 1.64 bits per heavy atom.